The van der Waals surface area contributed by atoms with Crippen LogP contribution in [0, 0.1) is 5.92 Å². The number of thiocarbonyl (C=S) groups is 1. The average molecular weight is 308 g/mol. The predicted octanol–water partition coefficient (Wildman–Crippen LogP) is 3.10. The molecule has 0 saturated carbocycles. The van der Waals surface area contributed by atoms with E-state index in [1.54, 1.807) is 19.1 Å². The van der Waals surface area contributed by atoms with Crippen molar-refractivity contribution in [3.63, 3.8) is 0 Å². The highest BCUT2D eigenvalue weighted by molar-refractivity contribution is 7.80. The molecular weight excluding hydrogens is 284 g/mol. The fraction of sp³-hybridized carbons (Fsp3) is 0.500. The molecule has 116 valence electrons. The maximum atomic E-state index is 12.1. The second kappa shape index (κ2) is 8.74. The Morgan fingerprint density at radius 1 is 1.38 bits per heavy atom. The molecule has 21 heavy (non-hydrogen) atoms. The minimum Gasteiger partial charge on any atom is -0.389 e. The molecule has 0 saturated heterocycles. The lowest BCUT2D eigenvalue weighted by molar-refractivity contribution is -0.127. The minimum absolute atomic E-state index is 0.192. The maximum absolute atomic E-state index is 12.1. The van der Waals surface area contributed by atoms with Crippen molar-refractivity contribution in [2.24, 2.45) is 11.7 Å². The summed E-state index contributed by atoms with van der Waals surface area (Å²) in [6, 6.07) is 7.22. The van der Waals surface area contributed by atoms with Crippen LogP contribution in [0.1, 0.15) is 39.2 Å². The number of hydrogen-bond acceptors (Lipinski definition) is 3. The number of hydrogen-bond donors (Lipinski definition) is 2. The number of para-hydroxylation sites is 1. The van der Waals surface area contributed by atoms with E-state index in [0.717, 1.165) is 12.8 Å². The number of carbonyl (C=O) groups is 1. The molecule has 0 aliphatic rings. The van der Waals surface area contributed by atoms with Crippen molar-refractivity contribution in [3.8, 4) is 0 Å². The zero-order valence-corrected chi connectivity index (χ0v) is 13.7. The van der Waals surface area contributed by atoms with Crippen molar-refractivity contribution in [1.82, 2.24) is 0 Å². The van der Waals surface area contributed by atoms with Crippen molar-refractivity contribution >= 4 is 28.8 Å². The van der Waals surface area contributed by atoms with Gasteiger partial charge in [0.2, 0.25) is 0 Å². The summed E-state index contributed by atoms with van der Waals surface area (Å²) in [5.74, 6) is 0.261. The number of anilines is 1. The summed E-state index contributed by atoms with van der Waals surface area (Å²) in [6.07, 6.45) is 1.70. The van der Waals surface area contributed by atoms with Crippen LogP contribution >= 0.6 is 12.2 Å². The highest BCUT2D eigenvalue weighted by Gasteiger charge is 2.16. The molecule has 3 N–H and O–H groups in total. The third kappa shape index (κ3) is 5.81. The monoisotopic (exact) mass is 308 g/mol. The van der Waals surface area contributed by atoms with Crippen molar-refractivity contribution in [3.05, 3.63) is 29.8 Å². The largest absolute Gasteiger partial charge is 0.389 e. The van der Waals surface area contributed by atoms with Crippen LogP contribution < -0.4 is 11.1 Å². The van der Waals surface area contributed by atoms with Gasteiger partial charge < -0.3 is 15.8 Å². The number of rotatable bonds is 8. The average Bonchev–Trinajstić information content (AvgIpc) is 2.45. The van der Waals surface area contributed by atoms with E-state index in [9.17, 15) is 4.79 Å². The smallest absolute Gasteiger partial charge is 0.253 e. The number of carbonyl (C=O) groups excluding carboxylic acids is 1. The van der Waals surface area contributed by atoms with Gasteiger partial charge >= 0.3 is 0 Å². The molecular formula is C16H24N2O2S. The van der Waals surface area contributed by atoms with Gasteiger partial charge in [0.05, 0.1) is 12.3 Å². The van der Waals surface area contributed by atoms with E-state index in [0.29, 0.717) is 23.8 Å². The molecule has 0 aliphatic heterocycles. The van der Waals surface area contributed by atoms with E-state index in [4.69, 9.17) is 22.7 Å². The third-order valence-electron chi connectivity index (χ3n) is 3.23. The Kier molecular flexibility index (Phi) is 7.32. The quantitative estimate of drug-likeness (QED) is 0.724. The number of amides is 1. The topological polar surface area (TPSA) is 64.3 Å². The summed E-state index contributed by atoms with van der Waals surface area (Å²) in [5, 5.41) is 2.82. The molecule has 0 radical (unpaired) electrons. The van der Waals surface area contributed by atoms with Crippen molar-refractivity contribution < 1.29 is 9.53 Å². The minimum atomic E-state index is -0.510. The molecule has 0 heterocycles. The third-order valence-corrected chi connectivity index (χ3v) is 3.45. The molecule has 0 aromatic heterocycles. The first kappa shape index (κ1) is 17.6. The zero-order valence-electron chi connectivity index (χ0n) is 12.9. The van der Waals surface area contributed by atoms with Gasteiger partial charge in [0.15, 0.2) is 0 Å². The van der Waals surface area contributed by atoms with Gasteiger partial charge in [0, 0.05) is 5.56 Å². The first-order valence-corrected chi connectivity index (χ1v) is 7.67. The number of benzene rings is 1. The van der Waals surface area contributed by atoms with Crippen molar-refractivity contribution in [2.45, 2.75) is 39.7 Å². The summed E-state index contributed by atoms with van der Waals surface area (Å²) >= 11 is 4.98. The fourth-order valence-corrected chi connectivity index (χ4v) is 2.18. The summed E-state index contributed by atoms with van der Waals surface area (Å²) in [5.41, 5.74) is 6.92. The van der Waals surface area contributed by atoms with E-state index in [1.165, 1.54) is 0 Å². The fourth-order valence-electron chi connectivity index (χ4n) is 2.00. The van der Waals surface area contributed by atoms with Crippen molar-refractivity contribution in [1.29, 1.82) is 0 Å². The molecule has 2 unspecified atom stereocenters. The van der Waals surface area contributed by atoms with Gasteiger partial charge in [-0.1, -0.05) is 44.6 Å². The molecule has 0 spiro atoms. The lowest BCUT2D eigenvalue weighted by Gasteiger charge is -2.17. The normalized spacial score (nSPS) is 13.5. The molecule has 1 aromatic carbocycles. The number of nitrogens with one attached hydrogen (secondary N) is 1. The standard InChI is InChI=1S/C16H24N2O2S/c1-4-7-11(2)10-20-12(3)16(19)18-14-9-6-5-8-13(14)15(17)21/h5-6,8-9,11-12H,4,7,10H2,1-3H3,(H2,17,21)(H,18,19). The molecule has 1 rings (SSSR count). The molecule has 1 amide bonds. The summed E-state index contributed by atoms with van der Waals surface area (Å²) in [4.78, 5) is 12.4. The van der Waals surface area contributed by atoms with Crippen LogP contribution in [0.5, 0.6) is 0 Å². The van der Waals surface area contributed by atoms with Gasteiger partial charge in [-0.3, -0.25) is 4.79 Å². The SMILES string of the molecule is CCCC(C)COC(C)C(=O)Nc1ccccc1C(N)=S. The van der Waals surface area contributed by atoms with Crippen LogP contribution in [0.3, 0.4) is 0 Å². The van der Waals surface area contributed by atoms with Crippen LogP contribution in [-0.4, -0.2) is 23.6 Å². The van der Waals surface area contributed by atoms with Crippen LogP contribution in [-0.2, 0) is 9.53 Å². The number of nitrogens with two attached hydrogens (primary N) is 1. The first-order chi connectivity index (χ1) is 9.95. The Morgan fingerprint density at radius 2 is 2.05 bits per heavy atom. The molecule has 1 aromatic rings. The Hall–Kier alpha value is -1.46. The predicted molar refractivity (Wildman–Crippen MR) is 90.4 cm³/mol. The van der Waals surface area contributed by atoms with E-state index < -0.39 is 6.10 Å². The van der Waals surface area contributed by atoms with Gasteiger partial charge in [-0.25, -0.2) is 0 Å². The molecule has 0 fully saturated rings. The van der Waals surface area contributed by atoms with Crippen LogP contribution in [0.25, 0.3) is 0 Å². The van der Waals surface area contributed by atoms with Crippen LogP contribution in [0.2, 0.25) is 0 Å². The van der Waals surface area contributed by atoms with Crippen LogP contribution in [0.15, 0.2) is 24.3 Å². The first-order valence-electron chi connectivity index (χ1n) is 7.27. The van der Waals surface area contributed by atoms with E-state index in [2.05, 4.69) is 19.2 Å². The zero-order chi connectivity index (χ0) is 15.8. The van der Waals surface area contributed by atoms with E-state index >= 15 is 0 Å². The van der Waals surface area contributed by atoms with Gasteiger partial charge in [0.25, 0.3) is 5.91 Å². The number of ether oxygens (including phenoxy) is 1. The summed E-state index contributed by atoms with van der Waals surface area (Å²) in [6.45, 7) is 6.59. The van der Waals surface area contributed by atoms with Crippen LogP contribution in [0.4, 0.5) is 5.69 Å². The summed E-state index contributed by atoms with van der Waals surface area (Å²) in [7, 11) is 0. The highest BCUT2D eigenvalue weighted by Crippen LogP contribution is 2.15. The van der Waals surface area contributed by atoms with E-state index in [1.807, 2.05) is 12.1 Å². The Labute approximate surface area is 132 Å². The summed E-state index contributed by atoms with van der Waals surface area (Å²) < 4.78 is 5.61. The second-order valence-electron chi connectivity index (χ2n) is 5.27. The molecule has 0 bridgehead atoms. The molecule has 4 nitrogen and oxygen atoms in total. The molecule has 2 atom stereocenters. The lowest BCUT2D eigenvalue weighted by Crippen LogP contribution is -2.30. The Balaban J connectivity index is 2.58. The van der Waals surface area contributed by atoms with Gasteiger partial charge in [-0.2, -0.15) is 0 Å². The Morgan fingerprint density at radius 3 is 2.67 bits per heavy atom. The van der Waals surface area contributed by atoms with Gasteiger partial charge in [-0.15, -0.1) is 0 Å². The van der Waals surface area contributed by atoms with Gasteiger partial charge in [0.1, 0.15) is 11.1 Å². The Bertz CT molecular complexity index is 491. The molecule has 5 heteroatoms. The van der Waals surface area contributed by atoms with Crippen molar-refractivity contribution in [2.75, 3.05) is 11.9 Å². The highest BCUT2D eigenvalue weighted by atomic mass is 32.1. The lowest BCUT2D eigenvalue weighted by atomic mass is 10.1. The molecule has 0 aliphatic carbocycles. The van der Waals surface area contributed by atoms with Gasteiger partial charge in [-0.05, 0) is 31.4 Å². The van der Waals surface area contributed by atoms with E-state index in [-0.39, 0.29) is 10.9 Å². The maximum Gasteiger partial charge on any atom is 0.253 e. The second-order valence-corrected chi connectivity index (χ2v) is 5.71.